The van der Waals surface area contributed by atoms with Gasteiger partial charge in [0, 0.05) is 24.1 Å². The van der Waals surface area contributed by atoms with E-state index in [1.54, 1.807) is 0 Å². The maximum absolute atomic E-state index is 9.81. The molecule has 3 N–H and O–H groups in total. The molecule has 3 aromatic carbocycles. The van der Waals surface area contributed by atoms with Gasteiger partial charge in [0.25, 0.3) is 6.64 Å². The van der Waals surface area contributed by atoms with E-state index < -0.39 is 36.4 Å². The Bertz CT molecular complexity index is 1320. The van der Waals surface area contributed by atoms with Gasteiger partial charge in [-0.15, -0.1) is 0 Å². The minimum absolute atomic E-state index is 0.0834. The second-order valence-electron chi connectivity index (χ2n) is 10.9. The lowest BCUT2D eigenvalue weighted by molar-refractivity contribution is 0.0300. The maximum Gasteiger partial charge on any atom is 0.261 e. The molecule has 0 aromatic heterocycles. The lowest BCUT2D eigenvalue weighted by atomic mass is 9.76. The highest BCUT2D eigenvalue weighted by molar-refractivity contribution is 8.09. The van der Waals surface area contributed by atoms with Crippen molar-refractivity contribution in [3.05, 3.63) is 108 Å². The van der Waals surface area contributed by atoms with Crippen LogP contribution in [0.5, 0.6) is 0 Å². The molecule has 0 amide bonds. The van der Waals surface area contributed by atoms with E-state index in [9.17, 15) is 5.11 Å². The third-order valence-electron chi connectivity index (χ3n) is 7.98. The standard InChI is InChI=1S/C32H36B2N3O5PS/c33-30-19-26(29(42-30)22-40-43(44,39-18-10-17-35)37-27-20-31(34)41-28(27)21-38)36-32(23-11-4-1-5-12-23,24-13-6-2-7-14-24)25-15-8-3-9-16-25/h1-9,11-16,26-31,36,38H,10,18-22H2,(H,37,44)/t26?,27?,28-,29-,30-,31-,43?/m1/s1. The van der Waals surface area contributed by atoms with E-state index in [-0.39, 0.29) is 38.3 Å². The first-order valence-electron chi connectivity index (χ1n) is 14.8. The number of nitrogens with one attached hydrogen (secondary N) is 2. The van der Waals surface area contributed by atoms with E-state index in [1.807, 2.05) is 54.6 Å². The van der Waals surface area contributed by atoms with Crippen LogP contribution in [-0.2, 0) is 35.9 Å². The quantitative estimate of drug-likeness (QED) is 0.107. The van der Waals surface area contributed by atoms with Gasteiger partial charge in [0.05, 0.1) is 50.1 Å². The van der Waals surface area contributed by atoms with Crippen molar-refractivity contribution >= 4 is 34.1 Å². The van der Waals surface area contributed by atoms with Crippen LogP contribution in [0.2, 0.25) is 0 Å². The highest BCUT2D eigenvalue weighted by atomic mass is 32.5. The van der Waals surface area contributed by atoms with E-state index in [2.05, 4.69) is 52.9 Å². The van der Waals surface area contributed by atoms with Gasteiger partial charge < -0.3 is 23.6 Å². The predicted octanol–water partition coefficient (Wildman–Crippen LogP) is 3.63. The van der Waals surface area contributed by atoms with E-state index >= 15 is 0 Å². The van der Waals surface area contributed by atoms with Gasteiger partial charge in [-0.25, -0.2) is 5.09 Å². The molecular weight excluding hydrogens is 591 g/mol. The molecule has 3 aromatic rings. The number of nitrogens with zero attached hydrogens (tertiary/aromatic N) is 1. The summed E-state index contributed by atoms with van der Waals surface area (Å²) in [6.07, 6.45) is 0.0866. The van der Waals surface area contributed by atoms with Crippen molar-refractivity contribution in [2.45, 2.75) is 61.1 Å². The van der Waals surface area contributed by atoms with E-state index in [1.165, 1.54) is 0 Å². The summed E-state index contributed by atoms with van der Waals surface area (Å²) in [5.41, 5.74) is 2.47. The SMILES string of the molecule is [B][C@H]1CC(NC(c2ccccc2)(c2ccccc2)c2ccccc2)[C@@H](COP(=S)(NC2C[C@H]([B])O[C@@H]2CO)OCCC#N)O1. The van der Waals surface area contributed by atoms with Crippen LogP contribution >= 0.6 is 6.64 Å². The summed E-state index contributed by atoms with van der Waals surface area (Å²) in [7, 11) is 12.4. The molecule has 0 spiro atoms. The van der Waals surface area contributed by atoms with Crippen molar-refractivity contribution in [1.29, 1.82) is 5.26 Å². The van der Waals surface area contributed by atoms with Crippen molar-refractivity contribution in [2.75, 3.05) is 19.8 Å². The molecule has 0 bridgehead atoms. The molecule has 0 aliphatic carbocycles. The van der Waals surface area contributed by atoms with Crippen molar-refractivity contribution < 1.29 is 23.6 Å². The molecule has 2 fully saturated rings. The summed E-state index contributed by atoms with van der Waals surface area (Å²) in [6, 6.07) is 31.3. The van der Waals surface area contributed by atoms with Gasteiger partial charge in [0.1, 0.15) is 15.7 Å². The topological polar surface area (TPSA) is 105 Å². The fraction of sp³-hybridized carbons (Fsp3) is 0.406. The highest BCUT2D eigenvalue weighted by Gasteiger charge is 2.44. The second-order valence-corrected chi connectivity index (χ2v) is 14.2. The Balaban J connectivity index is 1.44. The van der Waals surface area contributed by atoms with Gasteiger partial charge in [0.15, 0.2) is 0 Å². The molecule has 226 valence electrons. The zero-order valence-corrected chi connectivity index (χ0v) is 26.1. The molecule has 3 unspecified atom stereocenters. The summed E-state index contributed by atoms with van der Waals surface area (Å²) in [5.74, 6) is 0. The molecule has 44 heavy (non-hydrogen) atoms. The van der Waals surface area contributed by atoms with Gasteiger partial charge in [0.2, 0.25) is 0 Å². The fourth-order valence-electron chi connectivity index (χ4n) is 5.96. The Kier molecular flexibility index (Phi) is 11.5. The van der Waals surface area contributed by atoms with E-state index in [0.29, 0.717) is 12.8 Å². The molecule has 2 aliphatic heterocycles. The summed E-state index contributed by atoms with van der Waals surface area (Å²) < 4.78 is 24.1. The molecule has 12 heteroatoms. The van der Waals surface area contributed by atoms with Gasteiger partial charge in [-0.2, -0.15) is 5.26 Å². The van der Waals surface area contributed by atoms with Gasteiger partial charge in [-0.3, -0.25) is 5.32 Å². The van der Waals surface area contributed by atoms with Crippen LogP contribution in [0.3, 0.4) is 0 Å². The third-order valence-corrected chi connectivity index (χ3v) is 10.6. The summed E-state index contributed by atoms with van der Waals surface area (Å²) in [4.78, 5) is 0. The van der Waals surface area contributed by atoms with Crippen LogP contribution in [0.25, 0.3) is 0 Å². The number of aliphatic hydroxyl groups excluding tert-OH is 1. The summed E-state index contributed by atoms with van der Waals surface area (Å²) in [5, 5.41) is 26.1. The number of hydrogen-bond donors (Lipinski definition) is 3. The molecule has 7 atom stereocenters. The monoisotopic (exact) mass is 627 g/mol. The number of aliphatic hydroxyl groups is 1. The van der Waals surface area contributed by atoms with Crippen molar-refractivity contribution in [2.24, 2.45) is 0 Å². The molecule has 0 saturated carbocycles. The first-order chi connectivity index (χ1) is 21.4. The van der Waals surface area contributed by atoms with Crippen LogP contribution in [-0.4, -0.2) is 76.9 Å². The van der Waals surface area contributed by atoms with Crippen LogP contribution in [0, 0.1) is 11.3 Å². The number of hydrogen-bond acceptors (Lipinski definition) is 8. The van der Waals surface area contributed by atoms with Crippen molar-refractivity contribution in [1.82, 2.24) is 10.4 Å². The van der Waals surface area contributed by atoms with E-state index in [0.717, 1.165) is 16.7 Å². The maximum atomic E-state index is 9.81. The van der Waals surface area contributed by atoms with Gasteiger partial charge in [-0.1, -0.05) is 91.0 Å². The summed E-state index contributed by atoms with van der Waals surface area (Å²) >= 11 is 5.89. The highest BCUT2D eigenvalue weighted by Crippen LogP contribution is 2.47. The molecule has 2 heterocycles. The van der Waals surface area contributed by atoms with Crippen molar-refractivity contribution in [3.8, 4) is 6.07 Å². The smallest absolute Gasteiger partial charge is 0.261 e. The Labute approximate surface area is 267 Å². The van der Waals surface area contributed by atoms with Gasteiger partial charge >= 0.3 is 0 Å². The first-order valence-corrected chi connectivity index (χ1v) is 17.4. The lowest BCUT2D eigenvalue weighted by Gasteiger charge is -2.40. The number of nitriles is 1. The van der Waals surface area contributed by atoms with Crippen LogP contribution in [0.4, 0.5) is 0 Å². The molecule has 8 nitrogen and oxygen atoms in total. The van der Waals surface area contributed by atoms with Crippen LogP contribution < -0.4 is 10.4 Å². The second kappa shape index (κ2) is 15.3. The number of benzene rings is 3. The number of ether oxygens (including phenoxy) is 2. The molecular formula is C32H36B2N3O5PS. The fourth-order valence-corrected chi connectivity index (χ4v) is 8.35. The van der Waals surface area contributed by atoms with Crippen molar-refractivity contribution in [3.63, 3.8) is 0 Å². The largest absolute Gasteiger partial charge is 0.394 e. The molecule has 2 aliphatic rings. The average molecular weight is 627 g/mol. The zero-order valence-electron chi connectivity index (χ0n) is 24.4. The molecule has 4 radical (unpaired) electrons. The molecule has 5 rings (SSSR count). The third kappa shape index (κ3) is 7.71. The Morgan fingerprint density at radius 3 is 1.84 bits per heavy atom. The lowest BCUT2D eigenvalue weighted by Crippen LogP contribution is -2.53. The normalized spacial score (nSPS) is 26.6. The van der Waals surface area contributed by atoms with Crippen LogP contribution in [0.15, 0.2) is 91.0 Å². The Hall–Kier alpha value is -2.35. The average Bonchev–Trinajstić information content (AvgIpc) is 3.59. The number of rotatable bonds is 14. The molecule has 2 saturated heterocycles. The summed E-state index contributed by atoms with van der Waals surface area (Å²) in [6.45, 7) is -3.22. The zero-order chi connectivity index (χ0) is 31.0. The Morgan fingerprint density at radius 2 is 1.34 bits per heavy atom. The minimum atomic E-state index is -3.16. The predicted molar refractivity (Wildman–Crippen MR) is 175 cm³/mol. The van der Waals surface area contributed by atoms with E-state index in [4.69, 9.17) is 51.3 Å². The van der Waals surface area contributed by atoms with Crippen LogP contribution in [0.1, 0.15) is 36.0 Å². The minimum Gasteiger partial charge on any atom is -0.394 e. The van der Waals surface area contributed by atoms with Gasteiger partial charge in [-0.05, 0) is 41.3 Å². The first kappa shape index (κ1) is 33.0. The Morgan fingerprint density at radius 1 is 0.841 bits per heavy atom.